The van der Waals surface area contributed by atoms with Gasteiger partial charge in [0.25, 0.3) is 0 Å². The summed E-state index contributed by atoms with van der Waals surface area (Å²) in [6.45, 7) is 4.46. The second kappa shape index (κ2) is 8.02. The monoisotopic (exact) mass is 271 g/mol. The first-order chi connectivity index (χ1) is 8.17. The van der Waals surface area contributed by atoms with Gasteiger partial charge >= 0.3 is 0 Å². The average Bonchev–Trinajstić information content (AvgIpc) is 2.33. The molecular formula is C14H22ClNS. The van der Waals surface area contributed by atoms with Gasteiger partial charge in [-0.2, -0.15) is 11.8 Å². The molecule has 0 aliphatic carbocycles. The van der Waals surface area contributed by atoms with Crippen molar-refractivity contribution >= 4 is 23.4 Å². The molecule has 17 heavy (non-hydrogen) atoms. The Morgan fingerprint density at radius 1 is 1.41 bits per heavy atom. The largest absolute Gasteiger partial charge is 0.307 e. The van der Waals surface area contributed by atoms with Crippen molar-refractivity contribution in [3.8, 4) is 0 Å². The molecule has 0 aliphatic rings. The predicted octanol–water partition coefficient (Wildman–Crippen LogP) is 4.52. The maximum atomic E-state index is 6.03. The molecule has 0 fully saturated rings. The third-order valence-corrected chi connectivity index (χ3v) is 3.78. The quantitative estimate of drug-likeness (QED) is 0.782. The average molecular weight is 272 g/mol. The Morgan fingerprint density at radius 3 is 2.76 bits per heavy atom. The van der Waals surface area contributed by atoms with Gasteiger partial charge in [0, 0.05) is 17.1 Å². The van der Waals surface area contributed by atoms with E-state index in [2.05, 4.69) is 37.6 Å². The van der Waals surface area contributed by atoms with E-state index >= 15 is 0 Å². The summed E-state index contributed by atoms with van der Waals surface area (Å²) in [4.78, 5) is 0. The normalized spacial score (nSPS) is 14.6. The van der Waals surface area contributed by atoms with Crippen molar-refractivity contribution < 1.29 is 0 Å². The molecule has 1 aromatic carbocycles. The highest BCUT2D eigenvalue weighted by Crippen LogP contribution is 2.21. The highest BCUT2D eigenvalue weighted by molar-refractivity contribution is 7.98. The van der Waals surface area contributed by atoms with Gasteiger partial charge in [0.05, 0.1) is 0 Å². The molecule has 0 radical (unpaired) electrons. The van der Waals surface area contributed by atoms with Crippen LogP contribution in [0.25, 0.3) is 0 Å². The Morgan fingerprint density at radius 2 is 2.18 bits per heavy atom. The number of thioether (sulfide) groups is 1. The van der Waals surface area contributed by atoms with Gasteiger partial charge in [-0.25, -0.2) is 0 Å². The van der Waals surface area contributed by atoms with Crippen LogP contribution in [0, 0.1) is 0 Å². The van der Waals surface area contributed by atoms with Gasteiger partial charge in [-0.05, 0) is 49.5 Å². The molecule has 1 aromatic rings. The first-order valence-electron chi connectivity index (χ1n) is 6.17. The summed E-state index contributed by atoms with van der Waals surface area (Å²) in [5.74, 6) is 1.21. The van der Waals surface area contributed by atoms with E-state index in [0.29, 0.717) is 12.1 Å². The van der Waals surface area contributed by atoms with Crippen LogP contribution in [0.15, 0.2) is 24.3 Å². The standard InChI is InChI=1S/C14H22ClNS/c1-4-14(16-11(2)8-9-17-3)12-6-5-7-13(15)10-12/h5-7,10-11,14,16H,4,8-9H2,1-3H3. The number of nitrogens with one attached hydrogen (secondary N) is 1. The van der Waals surface area contributed by atoms with Crippen LogP contribution in [0.5, 0.6) is 0 Å². The summed E-state index contributed by atoms with van der Waals surface area (Å²) in [5, 5.41) is 4.49. The van der Waals surface area contributed by atoms with Gasteiger partial charge in [-0.3, -0.25) is 0 Å². The maximum Gasteiger partial charge on any atom is 0.0409 e. The molecule has 0 aliphatic heterocycles. The van der Waals surface area contributed by atoms with Gasteiger partial charge in [-0.1, -0.05) is 30.7 Å². The highest BCUT2D eigenvalue weighted by atomic mass is 35.5. The number of hydrogen-bond acceptors (Lipinski definition) is 2. The zero-order valence-corrected chi connectivity index (χ0v) is 12.4. The van der Waals surface area contributed by atoms with E-state index in [0.717, 1.165) is 11.4 Å². The fraction of sp³-hybridized carbons (Fsp3) is 0.571. The van der Waals surface area contributed by atoms with Crippen LogP contribution in [-0.4, -0.2) is 18.1 Å². The van der Waals surface area contributed by atoms with E-state index in [-0.39, 0.29) is 0 Å². The summed E-state index contributed by atoms with van der Waals surface area (Å²) in [5.41, 5.74) is 1.29. The summed E-state index contributed by atoms with van der Waals surface area (Å²) < 4.78 is 0. The first kappa shape index (κ1) is 14.9. The van der Waals surface area contributed by atoms with Crippen molar-refractivity contribution in [3.05, 3.63) is 34.9 Å². The van der Waals surface area contributed by atoms with Crippen LogP contribution >= 0.6 is 23.4 Å². The number of rotatable bonds is 7. The fourth-order valence-electron chi connectivity index (χ4n) is 1.89. The number of hydrogen-bond donors (Lipinski definition) is 1. The van der Waals surface area contributed by atoms with Crippen LogP contribution in [0.3, 0.4) is 0 Å². The van der Waals surface area contributed by atoms with E-state index in [4.69, 9.17) is 11.6 Å². The number of halogens is 1. The molecule has 0 spiro atoms. The highest BCUT2D eigenvalue weighted by Gasteiger charge is 2.12. The van der Waals surface area contributed by atoms with Crippen LogP contribution < -0.4 is 5.32 Å². The van der Waals surface area contributed by atoms with E-state index in [1.54, 1.807) is 0 Å². The molecule has 0 amide bonds. The lowest BCUT2D eigenvalue weighted by Crippen LogP contribution is -2.30. The molecule has 1 N–H and O–H groups in total. The maximum absolute atomic E-state index is 6.03. The minimum atomic E-state index is 0.408. The molecular weight excluding hydrogens is 250 g/mol. The Hall–Kier alpha value is -0.180. The number of benzene rings is 1. The molecule has 0 heterocycles. The van der Waals surface area contributed by atoms with E-state index < -0.39 is 0 Å². The molecule has 0 saturated heterocycles. The van der Waals surface area contributed by atoms with Gasteiger partial charge < -0.3 is 5.32 Å². The van der Waals surface area contributed by atoms with Crippen LogP contribution in [0.2, 0.25) is 5.02 Å². The van der Waals surface area contributed by atoms with Crippen LogP contribution in [0.1, 0.15) is 38.3 Å². The van der Waals surface area contributed by atoms with Crippen molar-refractivity contribution in [1.82, 2.24) is 5.32 Å². The third-order valence-electron chi connectivity index (χ3n) is 2.90. The van der Waals surface area contributed by atoms with Gasteiger partial charge in [0.15, 0.2) is 0 Å². The van der Waals surface area contributed by atoms with Crippen molar-refractivity contribution in [1.29, 1.82) is 0 Å². The summed E-state index contributed by atoms with van der Waals surface area (Å²) >= 11 is 7.94. The summed E-state index contributed by atoms with van der Waals surface area (Å²) in [6.07, 6.45) is 4.45. The lowest BCUT2D eigenvalue weighted by Gasteiger charge is -2.22. The molecule has 0 bridgehead atoms. The van der Waals surface area contributed by atoms with Crippen molar-refractivity contribution in [2.75, 3.05) is 12.0 Å². The SMILES string of the molecule is CCC(NC(C)CCSC)c1cccc(Cl)c1. The van der Waals surface area contributed by atoms with Crippen molar-refractivity contribution in [2.24, 2.45) is 0 Å². The topological polar surface area (TPSA) is 12.0 Å². The lowest BCUT2D eigenvalue weighted by molar-refractivity contribution is 0.439. The molecule has 1 rings (SSSR count). The fourth-order valence-corrected chi connectivity index (χ4v) is 2.68. The first-order valence-corrected chi connectivity index (χ1v) is 7.95. The van der Waals surface area contributed by atoms with Gasteiger partial charge in [-0.15, -0.1) is 0 Å². The van der Waals surface area contributed by atoms with E-state index in [9.17, 15) is 0 Å². The summed E-state index contributed by atoms with van der Waals surface area (Å²) in [7, 11) is 0. The molecule has 2 unspecified atom stereocenters. The molecule has 96 valence electrons. The third kappa shape index (κ3) is 5.33. The second-order valence-corrected chi connectivity index (χ2v) is 5.79. The van der Waals surface area contributed by atoms with Gasteiger partial charge in [0.2, 0.25) is 0 Å². The molecule has 0 aromatic heterocycles. The van der Waals surface area contributed by atoms with Crippen molar-refractivity contribution in [3.63, 3.8) is 0 Å². The Labute approximate surface area is 114 Å². The van der Waals surface area contributed by atoms with Crippen molar-refractivity contribution in [2.45, 2.75) is 38.8 Å². The molecule has 1 nitrogen and oxygen atoms in total. The Balaban J connectivity index is 2.59. The molecule has 2 atom stereocenters. The smallest absolute Gasteiger partial charge is 0.0409 e. The summed E-state index contributed by atoms with van der Waals surface area (Å²) in [6, 6.07) is 9.11. The lowest BCUT2D eigenvalue weighted by atomic mass is 10.0. The van der Waals surface area contributed by atoms with Crippen LogP contribution in [0.4, 0.5) is 0 Å². The zero-order valence-electron chi connectivity index (χ0n) is 10.9. The predicted molar refractivity (Wildman–Crippen MR) is 80.1 cm³/mol. The van der Waals surface area contributed by atoms with E-state index in [1.165, 1.54) is 17.7 Å². The minimum absolute atomic E-state index is 0.408. The molecule has 0 saturated carbocycles. The minimum Gasteiger partial charge on any atom is -0.307 e. The van der Waals surface area contributed by atoms with Gasteiger partial charge in [0.1, 0.15) is 0 Å². The Bertz CT molecular complexity index is 330. The Kier molecular flexibility index (Phi) is 7.02. The van der Waals surface area contributed by atoms with E-state index in [1.807, 2.05) is 23.9 Å². The second-order valence-electron chi connectivity index (χ2n) is 4.37. The zero-order chi connectivity index (χ0) is 12.7. The molecule has 3 heteroatoms. The van der Waals surface area contributed by atoms with Crippen LogP contribution in [-0.2, 0) is 0 Å².